The fraction of sp³-hybridized carbons (Fsp3) is 0.750. The van der Waals surface area contributed by atoms with Crippen LogP contribution in [-0.2, 0) is 23.9 Å². The average Bonchev–Trinajstić information content (AvgIpc) is 2.52. The molecule has 0 spiro atoms. The number of thioether (sulfide) groups is 1. The normalized spacial score (nSPS) is 12.0. The van der Waals surface area contributed by atoms with Crippen LogP contribution < -0.4 is 10.6 Å². The number of ether oxygens (including phenoxy) is 2. The fourth-order valence-corrected chi connectivity index (χ4v) is 2.17. The maximum Gasteiger partial charge on any atom is 0.408 e. The first-order chi connectivity index (χ1) is 11.6. The quantitative estimate of drug-likeness (QED) is 0.552. The molecule has 0 aliphatic carbocycles. The van der Waals surface area contributed by atoms with Crippen LogP contribution in [0.5, 0.6) is 0 Å². The molecule has 0 heterocycles. The van der Waals surface area contributed by atoms with E-state index in [1.807, 2.05) is 6.26 Å². The number of hydrogen-bond acceptors (Lipinski definition) is 7. The monoisotopic (exact) mass is 376 g/mol. The van der Waals surface area contributed by atoms with Gasteiger partial charge in [0, 0.05) is 6.42 Å². The zero-order valence-electron chi connectivity index (χ0n) is 15.5. The van der Waals surface area contributed by atoms with Gasteiger partial charge >= 0.3 is 12.1 Å². The van der Waals surface area contributed by atoms with Gasteiger partial charge in [-0.1, -0.05) is 0 Å². The van der Waals surface area contributed by atoms with E-state index in [0.717, 1.165) is 0 Å². The summed E-state index contributed by atoms with van der Waals surface area (Å²) in [6.45, 7) is 4.97. The zero-order valence-corrected chi connectivity index (χ0v) is 16.3. The number of esters is 1. The van der Waals surface area contributed by atoms with Crippen LogP contribution in [0.3, 0.4) is 0 Å². The summed E-state index contributed by atoms with van der Waals surface area (Å²) >= 11 is 1.54. The summed E-state index contributed by atoms with van der Waals surface area (Å²) in [6, 6.07) is -0.796. The third-order valence-electron chi connectivity index (χ3n) is 2.91. The van der Waals surface area contributed by atoms with Crippen molar-refractivity contribution in [3.8, 4) is 0 Å². The van der Waals surface area contributed by atoms with E-state index in [1.54, 1.807) is 20.8 Å². The lowest BCUT2D eigenvalue weighted by molar-refractivity contribution is -0.141. The Morgan fingerprint density at radius 2 is 1.76 bits per heavy atom. The number of carbonyl (C=O) groups excluding carboxylic acids is 4. The maximum absolute atomic E-state index is 12.2. The molecule has 0 aromatic carbocycles. The Morgan fingerprint density at radius 1 is 1.12 bits per heavy atom. The summed E-state index contributed by atoms with van der Waals surface area (Å²) in [7, 11) is 1.24. The van der Waals surface area contributed by atoms with Gasteiger partial charge in [-0.15, -0.1) is 0 Å². The molecule has 0 saturated carbocycles. The summed E-state index contributed by atoms with van der Waals surface area (Å²) in [4.78, 5) is 46.7. The molecule has 2 N–H and O–H groups in total. The number of methoxy groups -OCH3 is 1. The van der Waals surface area contributed by atoms with Gasteiger partial charge in [-0.25, -0.2) is 4.79 Å². The minimum Gasteiger partial charge on any atom is -0.469 e. The first-order valence-corrected chi connectivity index (χ1v) is 9.33. The van der Waals surface area contributed by atoms with Crippen molar-refractivity contribution in [1.82, 2.24) is 10.6 Å². The highest BCUT2D eigenvalue weighted by Crippen LogP contribution is 2.08. The molecule has 0 aliphatic rings. The van der Waals surface area contributed by atoms with E-state index < -0.39 is 29.6 Å². The van der Waals surface area contributed by atoms with Crippen LogP contribution in [0.2, 0.25) is 0 Å². The Labute approximate surface area is 152 Å². The van der Waals surface area contributed by atoms with Crippen LogP contribution >= 0.6 is 11.8 Å². The van der Waals surface area contributed by atoms with Crippen molar-refractivity contribution in [2.24, 2.45) is 0 Å². The third kappa shape index (κ3) is 12.3. The zero-order chi connectivity index (χ0) is 19.5. The minimum atomic E-state index is -0.796. The van der Waals surface area contributed by atoms with E-state index in [9.17, 15) is 19.2 Å². The maximum atomic E-state index is 12.2. The number of rotatable bonds is 10. The van der Waals surface area contributed by atoms with Crippen molar-refractivity contribution in [2.75, 3.05) is 25.7 Å². The predicted octanol–water partition coefficient (Wildman–Crippen LogP) is 1.27. The highest BCUT2D eigenvalue weighted by atomic mass is 32.2. The third-order valence-corrected chi connectivity index (χ3v) is 3.56. The SMILES string of the molecule is COC(=O)CCC(=O)CNC(=O)[C@H](CCSC)NC(=O)OC(C)(C)C. The Hall–Kier alpha value is -1.77. The lowest BCUT2D eigenvalue weighted by Crippen LogP contribution is -2.49. The molecule has 0 aromatic heterocycles. The molecule has 0 bridgehead atoms. The van der Waals surface area contributed by atoms with Crippen LogP contribution in [0.25, 0.3) is 0 Å². The molecule has 0 unspecified atom stereocenters. The molecule has 0 saturated heterocycles. The van der Waals surface area contributed by atoms with Gasteiger partial charge in [0.15, 0.2) is 5.78 Å². The summed E-state index contributed by atoms with van der Waals surface area (Å²) in [5.74, 6) is -0.584. The Bertz CT molecular complexity index is 476. The first kappa shape index (κ1) is 23.2. The highest BCUT2D eigenvalue weighted by Gasteiger charge is 2.24. The summed E-state index contributed by atoms with van der Waals surface area (Å²) in [5, 5.41) is 5.00. The van der Waals surface area contributed by atoms with Gasteiger partial charge in [-0.2, -0.15) is 11.8 Å². The second-order valence-corrected chi connectivity index (χ2v) is 7.30. The average molecular weight is 376 g/mol. The van der Waals surface area contributed by atoms with Crippen LogP contribution in [0.15, 0.2) is 0 Å². The number of amides is 2. The second-order valence-electron chi connectivity index (χ2n) is 6.31. The number of carbonyl (C=O) groups is 4. The number of hydrogen-bond donors (Lipinski definition) is 2. The number of Topliss-reactive ketones (excluding diaryl/α,β-unsaturated/α-hetero) is 1. The molecule has 1 atom stereocenters. The second kappa shape index (κ2) is 11.7. The smallest absolute Gasteiger partial charge is 0.408 e. The van der Waals surface area contributed by atoms with Crippen molar-refractivity contribution in [2.45, 2.75) is 51.7 Å². The van der Waals surface area contributed by atoms with Gasteiger partial charge in [0.2, 0.25) is 5.91 Å². The van der Waals surface area contributed by atoms with Gasteiger partial charge < -0.3 is 20.1 Å². The van der Waals surface area contributed by atoms with Gasteiger partial charge in [0.05, 0.1) is 20.1 Å². The molecule has 0 aromatic rings. The fourth-order valence-electron chi connectivity index (χ4n) is 1.70. The largest absolute Gasteiger partial charge is 0.469 e. The van der Waals surface area contributed by atoms with Gasteiger partial charge in [-0.05, 0) is 39.2 Å². The van der Waals surface area contributed by atoms with E-state index in [1.165, 1.54) is 18.9 Å². The first-order valence-electron chi connectivity index (χ1n) is 7.93. The lowest BCUT2D eigenvalue weighted by Gasteiger charge is -2.23. The number of alkyl carbamates (subject to hydrolysis) is 1. The Morgan fingerprint density at radius 3 is 2.28 bits per heavy atom. The van der Waals surface area contributed by atoms with Crippen molar-refractivity contribution in [3.63, 3.8) is 0 Å². The molecule has 8 nitrogen and oxygen atoms in total. The molecule has 0 rings (SSSR count). The molecular formula is C16H28N2O6S. The molecule has 144 valence electrons. The molecule has 0 fully saturated rings. The summed E-state index contributed by atoms with van der Waals surface area (Å²) in [5.41, 5.74) is -0.672. The van der Waals surface area contributed by atoms with E-state index in [4.69, 9.17) is 4.74 Å². The molecule has 2 amide bonds. The van der Waals surface area contributed by atoms with Crippen LogP contribution in [0, 0.1) is 0 Å². The van der Waals surface area contributed by atoms with Gasteiger partial charge in [0.25, 0.3) is 0 Å². The topological polar surface area (TPSA) is 111 Å². The Balaban J connectivity index is 4.50. The van der Waals surface area contributed by atoms with Crippen LogP contribution in [0.4, 0.5) is 4.79 Å². The molecule has 0 radical (unpaired) electrons. The number of ketones is 1. The molecule has 9 heteroatoms. The van der Waals surface area contributed by atoms with Crippen molar-refractivity contribution in [1.29, 1.82) is 0 Å². The summed E-state index contributed by atoms with van der Waals surface area (Å²) in [6.07, 6.45) is 1.56. The lowest BCUT2D eigenvalue weighted by atomic mass is 10.2. The molecule has 25 heavy (non-hydrogen) atoms. The predicted molar refractivity (Wildman–Crippen MR) is 95.4 cm³/mol. The Kier molecular flexibility index (Phi) is 10.9. The van der Waals surface area contributed by atoms with Crippen LogP contribution in [0.1, 0.15) is 40.0 Å². The minimum absolute atomic E-state index is 0.0120. The van der Waals surface area contributed by atoms with E-state index in [2.05, 4.69) is 15.4 Å². The molecule has 0 aliphatic heterocycles. The standard InChI is InChI=1S/C16H28N2O6S/c1-16(2,3)24-15(22)18-12(8-9-25-5)14(21)17-10-11(19)6-7-13(20)23-4/h12H,6-10H2,1-5H3,(H,17,21)(H,18,22)/t12-/m0/s1. The van der Waals surface area contributed by atoms with Crippen LogP contribution in [-0.4, -0.2) is 61.1 Å². The number of nitrogens with one attached hydrogen (secondary N) is 2. The molecular weight excluding hydrogens is 348 g/mol. The van der Waals surface area contributed by atoms with E-state index >= 15 is 0 Å². The van der Waals surface area contributed by atoms with Crippen molar-refractivity contribution < 1.29 is 28.7 Å². The van der Waals surface area contributed by atoms with Crippen molar-refractivity contribution >= 4 is 35.5 Å². The van der Waals surface area contributed by atoms with Gasteiger partial charge in [0.1, 0.15) is 11.6 Å². The van der Waals surface area contributed by atoms with E-state index in [-0.39, 0.29) is 25.2 Å². The van der Waals surface area contributed by atoms with Crippen molar-refractivity contribution in [3.05, 3.63) is 0 Å². The van der Waals surface area contributed by atoms with E-state index in [0.29, 0.717) is 12.2 Å². The highest BCUT2D eigenvalue weighted by molar-refractivity contribution is 7.98. The summed E-state index contributed by atoms with van der Waals surface area (Å²) < 4.78 is 9.60. The van der Waals surface area contributed by atoms with Gasteiger partial charge in [-0.3, -0.25) is 14.4 Å².